The quantitative estimate of drug-likeness (QED) is 0.184. The zero-order chi connectivity index (χ0) is 32.5. The molecule has 2 aromatic heterocycles. The Morgan fingerprint density at radius 3 is 2.74 bits per heavy atom. The molecule has 3 atom stereocenters. The van der Waals surface area contributed by atoms with Crippen LogP contribution in [0.25, 0.3) is 37.0 Å². The SMILES string of the molecule is [C-]#[N+]c1c(N)sc2c(F)ccc(-c3ccc4c(N(C)C5CCN(C(=O)C=C)[C@@H]5C)nc(OC[C@@H]5CC6(CC6)CN5C)nc4c3F)c12. The lowest BCUT2D eigenvalue weighted by atomic mass is 9.98. The molecule has 3 aliphatic rings. The number of nitrogens with zero attached hydrogens (tertiary/aromatic N) is 6. The Balaban J connectivity index is 1.33. The molecule has 1 unspecified atom stereocenters. The molecule has 12 heteroatoms. The monoisotopic (exact) mass is 643 g/mol. The van der Waals surface area contributed by atoms with Crippen LogP contribution in [0.5, 0.6) is 6.01 Å². The molecule has 2 aliphatic heterocycles. The van der Waals surface area contributed by atoms with E-state index in [-0.39, 0.29) is 61.9 Å². The fourth-order valence-electron chi connectivity index (χ4n) is 7.48. The molecule has 7 rings (SSSR count). The topological polar surface area (TPSA) is 92.2 Å². The molecule has 1 amide bonds. The number of carbonyl (C=O) groups excluding carboxylic acids is 1. The number of likely N-dealkylation sites (N-methyl/N-ethyl adjacent to an activating group) is 2. The molecule has 238 valence electrons. The van der Waals surface area contributed by atoms with E-state index < -0.39 is 11.6 Å². The van der Waals surface area contributed by atoms with E-state index in [1.54, 1.807) is 17.0 Å². The minimum Gasteiger partial charge on any atom is -0.462 e. The summed E-state index contributed by atoms with van der Waals surface area (Å²) in [7, 11) is 3.99. The first kappa shape index (κ1) is 30.3. The van der Waals surface area contributed by atoms with Gasteiger partial charge in [0.15, 0.2) is 5.82 Å². The summed E-state index contributed by atoms with van der Waals surface area (Å²) in [6.45, 7) is 15.3. The zero-order valence-corrected chi connectivity index (χ0v) is 26.8. The van der Waals surface area contributed by atoms with Crippen molar-refractivity contribution in [2.75, 3.05) is 44.4 Å². The number of anilines is 2. The molecular weight excluding hydrogens is 608 g/mol. The number of thiophene rings is 1. The van der Waals surface area contributed by atoms with Crippen LogP contribution in [0.3, 0.4) is 0 Å². The number of likely N-dealkylation sites (tertiary alicyclic amines) is 2. The van der Waals surface area contributed by atoms with Gasteiger partial charge in [-0.05, 0) is 68.8 Å². The van der Waals surface area contributed by atoms with E-state index in [4.69, 9.17) is 22.0 Å². The van der Waals surface area contributed by atoms with Gasteiger partial charge < -0.3 is 20.3 Å². The van der Waals surface area contributed by atoms with Crippen molar-refractivity contribution in [3.63, 3.8) is 0 Å². The van der Waals surface area contributed by atoms with E-state index in [0.29, 0.717) is 41.8 Å². The third-order valence-corrected chi connectivity index (χ3v) is 11.2. The van der Waals surface area contributed by atoms with Gasteiger partial charge in [0.1, 0.15) is 23.8 Å². The van der Waals surface area contributed by atoms with Gasteiger partial charge >= 0.3 is 6.01 Å². The number of hydrogen-bond donors (Lipinski definition) is 1. The van der Waals surface area contributed by atoms with E-state index in [0.717, 1.165) is 24.3 Å². The predicted molar refractivity (Wildman–Crippen MR) is 177 cm³/mol. The number of amides is 1. The van der Waals surface area contributed by atoms with Crippen molar-refractivity contribution in [2.45, 2.75) is 50.7 Å². The number of halogens is 2. The summed E-state index contributed by atoms with van der Waals surface area (Å²) in [6.07, 6.45) is 5.52. The van der Waals surface area contributed by atoms with Crippen LogP contribution in [-0.4, -0.2) is 77.6 Å². The largest absolute Gasteiger partial charge is 0.462 e. The number of fused-ring (bicyclic) bond motifs is 2. The third-order valence-electron chi connectivity index (χ3n) is 10.2. The maximum atomic E-state index is 16.8. The lowest BCUT2D eigenvalue weighted by Gasteiger charge is -2.32. The van der Waals surface area contributed by atoms with Crippen molar-refractivity contribution in [1.29, 1.82) is 0 Å². The smallest absolute Gasteiger partial charge is 0.319 e. The Morgan fingerprint density at radius 2 is 2.04 bits per heavy atom. The minimum atomic E-state index is -0.633. The van der Waals surface area contributed by atoms with Crippen LogP contribution in [0.2, 0.25) is 0 Å². The molecule has 0 radical (unpaired) electrons. The molecule has 2 saturated heterocycles. The number of rotatable bonds is 7. The van der Waals surface area contributed by atoms with Crippen LogP contribution in [0.4, 0.5) is 25.3 Å². The van der Waals surface area contributed by atoms with Gasteiger partial charge in [-0.1, -0.05) is 18.7 Å². The number of hydrogen-bond acceptors (Lipinski definition) is 8. The van der Waals surface area contributed by atoms with Crippen molar-refractivity contribution >= 4 is 54.7 Å². The van der Waals surface area contributed by atoms with E-state index in [1.807, 2.05) is 18.9 Å². The summed E-state index contributed by atoms with van der Waals surface area (Å²) in [5.41, 5.74) is 7.14. The molecule has 3 fully saturated rings. The first-order chi connectivity index (χ1) is 22.1. The Bertz CT molecular complexity index is 1950. The maximum Gasteiger partial charge on any atom is 0.319 e. The second kappa shape index (κ2) is 11.2. The second-order valence-corrected chi connectivity index (χ2v) is 14.0. The number of nitrogens with two attached hydrogens (primary N) is 1. The van der Waals surface area contributed by atoms with Gasteiger partial charge in [-0.25, -0.2) is 13.6 Å². The highest BCUT2D eigenvalue weighted by Crippen LogP contribution is 2.54. The number of carbonyl (C=O) groups is 1. The number of ether oxygens (including phenoxy) is 1. The van der Waals surface area contributed by atoms with Crippen LogP contribution in [0.1, 0.15) is 32.6 Å². The summed E-state index contributed by atoms with van der Waals surface area (Å²) in [6, 6.07) is 6.13. The normalized spacial score (nSPS) is 22.1. The first-order valence-electron chi connectivity index (χ1n) is 15.4. The first-order valence-corrected chi connectivity index (χ1v) is 16.2. The molecule has 1 aliphatic carbocycles. The molecule has 2 N–H and O–H groups in total. The van der Waals surface area contributed by atoms with Gasteiger partial charge in [-0.2, -0.15) is 9.97 Å². The van der Waals surface area contributed by atoms with Crippen molar-refractivity contribution < 1.29 is 18.3 Å². The lowest BCUT2D eigenvalue weighted by molar-refractivity contribution is -0.126. The Hall–Kier alpha value is -4.34. The Kier molecular flexibility index (Phi) is 7.36. The third kappa shape index (κ3) is 4.84. The van der Waals surface area contributed by atoms with Crippen molar-refractivity contribution in [3.05, 3.63) is 60.0 Å². The molecular formula is C34H35F2N7O2S. The van der Waals surface area contributed by atoms with Crippen LogP contribution >= 0.6 is 11.3 Å². The second-order valence-electron chi connectivity index (χ2n) is 12.9. The van der Waals surface area contributed by atoms with Crippen LogP contribution < -0.4 is 15.4 Å². The van der Waals surface area contributed by atoms with Gasteiger partial charge in [0.25, 0.3) is 0 Å². The van der Waals surface area contributed by atoms with E-state index in [9.17, 15) is 9.18 Å². The maximum absolute atomic E-state index is 16.8. The molecule has 1 saturated carbocycles. The van der Waals surface area contributed by atoms with E-state index >= 15 is 4.39 Å². The molecule has 0 bridgehead atoms. The molecule has 46 heavy (non-hydrogen) atoms. The summed E-state index contributed by atoms with van der Waals surface area (Å²) < 4.78 is 38.0. The standard InChI is InChI=1S/C34H35F2N7O2S/c1-6-25(44)43-14-11-24(18(43)2)42(5)32-22-8-7-21(20-9-10-23(35)30-26(20)29(38-3)31(37)46-30)27(36)28(22)39-33(40-32)45-16-19-15-34(12-13-34)17-41(19)4/h6-10,18-19,24H,1,11-17,37H2,2,4-5H3/t18-,19+,24?/m1/s1. The molecule has 4 aromatic rings. The summed E-state index contributed by atoms with van der Waals surface area (Å²) in [5, 5.41) is 0.933. The fraction of sp³-hybridized carbons (Fsp3) is 0.412. The Morgan fingerprint density at radius 1 is 1.28 bits per heavy atom. The Labute approximate surface area is 270 Å². The fourth-order valence-corrected chi connectivity index (χ4v) is 8.42. The van der Waals surface area contributed by atoms with Crippen molar-refractivity contribution in [3.8, 4) is 17.1 Å². The average molecular weight is 644 g/mol. The summed E-state index contributed by atoms with van der Waals surface area (Å²) in [4.78, 5) is 31.5. The highest BCUT2D eigenvalue weighted by molar-refractivity contribution is 7.23. The molecule has 4 heterocycles. The number of benzene rings is 2. The van der Waals surface area contributed by atoms with Crippen molar-refractivity contribution in [2.24, 2.45) is 5.41 Å². The van der Waals surface area contributed by atoms with Crippen LogP contribution in [0, 0.1) is 23.6 Å². The average Bonchev–Trinajstić information content (AvgIpc) is 3.37. The highest BCUT2D eigenvalue weighted by atomic mass is 32.1. The number of aromatic nitrogens is 2. The van der Waals surface area contributed by atoms with Gasteiger partial charge in [-0.15, -0.1) is 11.3 Å². The summed E-state index contributed by atoms with van der Waals surface area (Å²) >= 11 is 0.974. The van der Waals surface area contributed by atoms with Crippen LogP contribution in [0.15, 0.2) is 36.9 Å². The van der Waals surface area contributed by atoms with Gasteiger partial charge in [0.2, 0.25) is 11.6 Å². The zero-order valence-electron chi connectivity index (χ0n) is 26.0. The molecule has 1 spiro atoms. The minimum absolute atomic E-state index is 0.0532. The van der Waals surface area contributed by atoms with E-state index in [2.05, 4.69) is 28.4 Å². The van der Waals surface area contributed by atoms with Gasteiger partial charge in [0, 0.05) is 48.6 Å². The van der Waals surface area contributed by atoms with Crippen molar-refractivity contribution in [1.82, 2.24) is 19.8 Å². The number of nitrogen functional groups attached to an aromatic ring is 1. The molecule has 2 aromatic carbocycles. The predicted octanol–water partition coefficient (Wildman–Crippen LogP) is 6.40. The molecule has 9 nitrogen and oxygen atoms in total. The van der Waals surface area contributed by atoms with E-state index in [1.165, 1.54) is 31.1 Å². The summed E-state index contributed by atoms with van der Waals surface area (Å²) in [5.74, 6) is -0.804. The van der Waals surface area contributed by atoms with Gasteiger partial charge in [0.05, 0.1) is 22.3 Å². The lowest BCUT2D eigenvalue weighted by Crippen LogP contribution is -2.43. The van der Waals surface area contributed by atoms with Gasteiger partial charge in [-0.3, -0.25) is 9.69 Å². The van der Waals surface area contributed by atoms with Crippen LogP contribution in [-0.2, 0) is 4.79 Å². The highest BCUT2D eigenvalue weighted by Gasteiger charge is 2.51.